The van der Waals surface area contributed by atoms with Crippen molar-refractivity contribution >= 4 is 21.7 Å². The van der Waals surface area contributed by atoms with Crippen LogP contribution in [-0.2, 0) is 0 Å². The highest BCUT2D eigenvalue weighted by Crippen LogP contribution is 2.14. The van der Waals surface area contributed by atoms with Gasteiger partial charge in [0.25, 0.3) is 0 Å². The van der Waals surface area contributed by atoms with Gasteiger partial charge in [-0.25, -0.2) is 0 Å². The Hall–Kier alpha value is -1.18. The first kappa shape index (κ1) is 14.9. The molecule has 0 heterocycles. The van der Waals surface area contributed by atoms with Gasteiger partial charge in [-0.15, -0.1) is 0 Å². The SMILES string of the molecule is CCN(CCC#N)C(C)C(=O)c1ccc(Br)cc1. The van der Waals surface area contributed by atoms with E-state index in [9.17, 15) is 4.79 Å². The van der Waals surface area contributed by atoms with E-state index in [0.717, 1.165) is 11.0 Å². The second-order valence-electron chi connectivity index (χ2n) is 4.08. The van der Waals surface area contributed by atoms with Gasteiger partial charge in [0, 0.05) is 23.0 Å². The second-order valence-corrected chi connectivity index (χ2v) is 5.00. The van der Waals surface area contributed by atoms with Crippen LogP contribution in [0.2, 0.25) is 0 Å². The van der Waals surface area contributed by atoms with Crippen LogP contribution in [0.3, 0.4) is 0 Å². The molecule has 0 spiro atoms. The topological polar surface area (TPSA) is 44.1 Å². The van der Waals surface area contributed by atoms with Gasteiger partial charge in [-0.05, 0) is 25.6 Å². The maximum absolute atomic E-state index is 12.3. The van der Waals surface area contributed by atoms with Crippen molar-refractivity contribution in [2.45, 2.75) is 26.3 Å². The maximum atomic E-state index is 12.3. The molecule has 1 unspecified atom stereocenters. The molecule has 1 aromatic rings. The number of rotatable bonds is 6. The second kappa shape index (κ2) is 7.30. The number of hydrogen-bond donors (Lipinski definition) is 0. The number of nitrogens with zero attached hydrogens (tertiary/aromatic N) is 2. The molecule has 4 heteroatoms. The molecule has 3 nitrogen and oxygen atoms in total. The van der Waals surface area contributed by atoms with E-state index in [1.54, 1.807) is 0 Å². The van der Waals surface area contributed by atoms with E-state index >= 15 is 0 Å². The van der Waals surface area contributed by atoms with Crippen molar-refractivity contribution in [3.05, 3.63) is 34.3 Å². The van der Waals surface area contributed by atoms with Crippen LogP contribution in [0.5, 0.6) is 0 Å². The first-order valence-electron chi connectivity index (χ1n) is 6.01. The molecule has 0 aliphatic carbocycles. The number of carbonyl (C=O) groups excluding carboxylic acids is 1. The molecule has 0 aliphatic heterocycles. The van der Waals surface area contributed by atoms with E-state index in [1.807, 2.05) is 43.0 Å². The summed E-state index contributed by atoms with van der Waals surface area (Å²) in [5.74, 6) is 0.0993. The minimum Gasteiger partial charge on any atom is -0.293 e. The summed E-state index contributed by atoms with van der Waals surface area (Å²) in [6.07, 6.45) is 0.450. The van der Waals surface area contributed by atoms with Crippen LogP contribution in [0.15, 0.2) is 28.7 Å². The minimum atomic E-state index is -0.190. The summed E-state index contributed by atoms with van der Waals surface area (Å²) in [6, 6.07) is 9.30. The zero-order valence-electron chi connectivity index (χ0n) is 10.7. The summed E-state index contributed by atoms with van der Waals surface area (Å²) >= 11 is 3.35. The zero-order valence-corrected chi connectivity index (χ0v) is 12.3. The first-order valence-corrected chi connectivity index (χ1v) is 6.80. The molecule has 96 valence electrons. The Bertz CT molecular complexity index is 436. The maximum Gasteiger partial charge on any atom is 0.179 e. The molecule has 0 fully saturated rings. The lowest BCUT2D eigenvalue weighted by Gasteiger charge is -2.25. The summed E-state index contributed by atoms with van der Waals surface area (Å²) in [5.41, 5.74) is 0.709. The predicted molar refractivity (Wildman–Crippen MR) is 75.4 cm³/mol. The third kappa shape index (κ3) is 3.94. The Morgan fingerprint density at radius 2 is 2.06 bits per heavy atom. The number of hydrogen-bond acceptors (Lipinski definition) is 3. The fraction of sp³-hybridized carbons (Fsp3) is 0.429. The molecule has 1 atom stereocenters. The van der Waals surface area contributed by atoms with Gasteiger partial charge in [0.1, 0.15) is 0 Å². The lowest BCUT2D eigenvalue weighted by atomic mass is 10.0. The van der Waals surface area contributed by atoms with Crippen LogP contribution in [0.25, 0.3) is 0 Å². The number of Topliss-reactive ketones (excluding diaryl/α,β-unsaturated/α-hetero) is 1. The quantitative estimate of drug-likeness (QED) is 0.758. The zero-order chi connectivity index (χ0) is 13.5. The van der Waals surface area contributed by atoms with Gasteiger partial charge in [0.2, 0.25) is 0 Å². The Morgan fingerprint density at radius 1 is 1.44 bits per heavy atom. The average Bonchev–Trinajstić information content (AvgIpc) is 2.39. The van der Waals surface area contributed by atoms with Gasteiger partial charge in [0.15, 0.2) is 5.78 Å². The van der Waals surface area contributed by atoms with Crippen molar-refractivity contribution in [1.29, 1.82) is 5.26 Å². The van der Waals surface area contributed by atoms with Crippen molar-refractivity contribution in [2.75, 3.05) is 13.1 Å². The summed E-state index contributed by atoms with van der Waals surface area (Å²) in [6.45, 7) is 5.30. The summed E-state index contributed by atoms with van der Waals surface area (Å²) < 4.78 is 0.962. The van der Waals surface area contributed by atoms with Gasteiger partial charge in [-0.1, -0.05) is 35.0 Å². The molecular formula is C14H17BrN2O. The lowest BCUT2D eigenvalue weighted by Crippen LogP contribution is -2.39. The van der Waals surface area contributed by atoms with Crippen molar-refractivity contribution in [2.24, 2.45) is 0 Å². The Kier molecular flexibility index (Phi) is 6.03. The lowest BCUT2D eigenvalue weighted by molar-refractivity contribution is 0.0847. The van der Waals surface area contributed by atoms with Gasteiger partial charge in [0.05, 0.1) is 12.1 Å². The van der Waals surface area contributed by atoms with Crippen molar-refractivity contribution in [3.8, 4) is 6.07 Å². The molecule has 0 aromatic heterocycles. The fourth-order valence-corrected chi connectivity index (χ4v) is 2.10. The first-order chi connectivity index (χ1) is 8.60. The highest BCUT2D eigenvalue weighted by molar-refractivity contribution is 9.10. The predicted octanol–water partition coefficient (Wildman–Crippen LogP) is 3.26. The van der Waals surface area contributed by atoms with E-state index in [1.165, 1.54) is 0 Å². The smallest absolute Gasteiger partial charge is 0.179 e. The van der Waals surface area contributed by atoms with Gasteiger partial charge in [-0.2, -0.15) is 5.26 Å². The largest absolute Gasteiger partial charge is 0.293 e. The van der Waals surface area contributed by atoms with E-state index in [4.69, 9.17) is 5.26 Å². The number of ketones is 1. The summed E-state index contributed by atoms with van der Waals surface area (Å²) in [7, 11) is 0. The Morgan fingerprint density at radius 3 is 2.56 bits per heavy atom. The monoisotopic (exact) mass is 308 g/mol. The number of carbonyl (C=O) groups is 1. The molecular weight excluding hydrogens is 292 g/mol. The van der Waals surface area contributed by atoms with Crippen LogP contribution in [0, 0.1) is 11.3 Å². The van der Waals surface area contributed by atoms with Crippen LogP contribution in [0.1, 0.15) is 30.6 Å². The van der Waals surface area contributed by atoms with Crippen molar-refractivity contribution in [3.63, 3.8) is 0 Å². The number of halogens is 1. The van der Waals surface area contributed by atoms with Crippen LogP contribution >= 0.6 is 15.9 Å². The molecule has 0 saturated carbocycles. The number of likely N-dealkylation sites (N-methyl/N-ethyl adjacent to an activating group) is 1. The third-order valence-electron chi connectivity index (χ3n) is 2.97. The molecule has 0 bridgehead atoms. The highest BCUT2D eigenvalue weighted by atomic mass is 79.9. The normalized spacial score (nSPS) is 12.2. The van der Waals surface area contributed by atoms with E-state index in [2.05, 4.69) is 22.0 Å². The Labute approximate surface area is 117 Å². The van der Waals surface area contributed by atoms with Crippen molar-refractivity contribution in [1.82, 2.24) is 4.90 Å². The fourth-order valence-electron chi connectivity index (χ4n) is 1.84. The Balaban J connectivity index is 2.76. The van der Waals surface area contributed by atoms with Gasteiger partial charge >= 0.3 is 0 Å². The van der Waals surface area contributed by atoms with Crippen LogP contribution in [-0.4, -0.2) is 29.8 Å². The molecule has 1 aromatic carbocycles. The standard InChI is InChI=1S/C14H17BrN2O/c1-3-17(10-4-9-16)11(2)14(18)12-5-7-13(15)8-6-12/h5-8,11H,3-4,10H2,1-2H3. The number of nitriles is 1. The molecule has 0 saturated heterocycles. The summed E-state index contributed by atoms with van der Waals surface area (Å²) in [5, 5.41) is 8.61. The third-order valence-corrected chi connectivity index (χ3v) is 3.50. The van der Waals surface area contributed by atoms with Crippen LogP contribution in [0.4, 0.5) is 0 Å². The van der Waals surface area contributed by atoms with Gasteiger partial charge < -0.3 is 0 Å². The van der Waals surface area contributed by atoms with E-state index in [0.29, 0.717) is 18.5 Å². The molecule has 0 amide bonds. The van der Waals surface area contributed by atoms with E-state index < -0.39 is 0 Å². The number of benzene rings is 1. The van der Waals surface area contributed by atoms with Gasteiger partial charge in [-0.3, -0.25) is 9.69 Å². The van der Waals surface area contributed by atoms with Crippen molar-refractivity contribution < 1.29 is 4.79 Å². The van der Waals surface area contributed by atoms with E-state index in [-0.39, 0.29) is 11.8 Å². The summed E-state index contributed by atoms with van der Waals surface area (Å²) in [4.78, 5) is 14.3. The molecule has 18 heavy (non-hydrogen) atoms. The highest BCUT2D eigenvalue weighted by Gasteiger charge is 2.20. The average molecular weight is 309 g/mol. The minimum absolute atomic E-state index is 0.0993. The molecule has 1 rings (SSSR count). The van der Waals surface area contributed by atoms with Crippen LogP contribution < -0.4 is 0 Å². The molecule has 0 N–H and O–H groups in total. The molecule has 0 radical (unpaired) electrons. The molecule has 0 aliphatic rings.